The number of aromatic nitrogens is 5. The van der Waals surface area contributed by atoms with Crippen molar-refractivity contribution in [1.29, 1.82) is 0 Å². The van der Waals surface area contributed by atoms with E-state index >= 15 is 0 Å². The fourth-order valence-corrected chi connectivity index (χ4v) is 7.75. The topological polar surface area (TPSA) is 331 Å². The van der Waals surface area contributed by atoms with Gasteiger partial charge in [-0.1, -0.05) is 11.6 Å². The number of amides is 2. The number of carbonyl (C=O) groups excluding carboxylic acids is 2. The molecule has 1 aliphatic heterocycles. The number of fused-ring (bicyclic) bond motifs is 2. The second-order valence-corrected chi connectivity index (χ2v) is 15.1. The van der Waals surface area contributed by atoms with E-state index < -0.39 is 87.1 Å². The van der Waals surface area contributed by atoms with E-state index in [-0.39, 0.29) is 37.1 Å². The maximum atomic E-state index is 14.0. The number of nitrogens with two attached hydrogens (primary N) is 1. The fraction of sp³-hybridized carbons (Fsp3) is 0.595. The number of nitrogens with zero attached hydrogens (tertiary/aromatic N) is 6. The van der Waals surface area contributed by atoms with Crippen LogP contribution in [0, 0.1) is 0 Å². The van der Waals surface area contributed by atoms with Crippen LogP contribution in [-0.2, 0) is 19.6 Å². The summed E-state index contributed by atoms with van der Waals surface area (Å²) < 4.78 is 4.02. The van der Waals surface area contributed by atoms with Gasteiger partial charge in [0.1, 0.15) is 48.7 Å². The summed E-state index contributed by atoms with van der Waals surface area (Å²) in [5.74, 6) is -0.118. The number of benzene rings is 1. The van der Waals surface area contributed by atoms with Gasteiger partial charge in [-0.25, -0.2) is 19.1 Å². The number of imidazole rings is 1. The molecular weight excluding hydrogens is 798 g/mol. The smallest absolute Gasteiger partial charge is 0.277 e. The van der Waals surface area contributed by atoms with E-state index in [1.54, 1.807) is 17.0 Å². The number of rotatable bonds is 19. The summed E-state index contributed by atoms with van der Waals surface area (Å²) >= 11 is 6.18. The van der Waals surface area contributed by atoms with E-state index in [2.05, 4.69) is 20.3 Å². The number of aliphatic hydroxyl groups excluding tert-OH is 10. The van der Waals surface area contributed by atoms with Crippen molar-refractivity contribution < 1.29 is 65.2 Å². The highest BCUT2D eigenvalue weighted by atomic mass is 35.5. The number of hydrogen-bond acceptors (Lipinski definition) is 16. The zero-order valence-electron chi connectivity index (χ0n) is 32.7. The number of hydrogen-bond donors (Lipinski definition) is 13. The summed E-state index contributed by atoms with van der Waals surface area (Å²) in [6, 6.07) is 4.88. The van der Waals surface area contributed by atoms with Crippen LogP contribution in [0.5, 0.6) is 0 Å². The summed E-state index contributed by atoms with van der Waals surface area (Å²) in [7, 11) is 0. The van der Waals surface area contributed by atoms with Gasteiger partial charge in [-0.3, -0.25) is 14.5 Å². The molecule has 0 saturated carbocycles. The van der Waals surface area contributed by atoms with Gasteiger partial charge in [0, 0.05) is 50.0 Å². The Labute approximate surface area is 343 Å². The van der Waals surface area contributed by atoms with Crippen molar-refractivity contribution in [2.24, 2.45) is 0 Å². The summed E-state index contributed by atoms with van der Waals surface area (Å²) in [4.78, 5) is 41.7. The number of carbonyl (C=O) groups is 2. The SMILES string of the molecule is CCn1c(CNC(=O)c2nc3c(Cl)c[nH]c3nc2N)[n+](CC)c2ccc(C(=O)N3CCC(N(C[C@H](O)[C@@H](O)[C@H](O)[C@H](O)CO)C[C@H](O)[C@@H](O)[C@H](O)[C@H](O)CO)CC3)cc21. The highest BCUT2D eigenvalue weighted by molar-refractivity contribution is 6.35. The second-order valence-electron chi connectivity index (χ2n) is 14.7. The molecule has 0 bridgehead atoms. The van der Waals surface area contributed by atoms with Crippen LogP contribution in [0.25, 0.3) is 22.2 Å². The van der Waals surface area contributed by atoms with Crippen LogP contribution in [0.2, 0.25) is 5.02 Å². The molecule has 8 atom stereocenters. The van der Waals surface area contributed by atoms with Crippen LogP contribution in [0.15, 0.2) is 24.4 Å². The van der Waals surface area contributed by atoms with Crippen molar-refractivity contribution in [3.05, 3.63) is 46.5 Å². The largest absolute Gasteiger partial charge is 0.394 e. The Morgan fingerprint density at radius 2 is 1.51 bits per heavy atom. The van der Waals surface area contributed by atoms with Crippen molar-refractivity contribution in [2.45, 2.75) is 101 Å². The number of aromatic amines is 1. The number of halogens is 1. The van der Waals surface area contributed by atoms with Crippen LogP contribution in [0.3, 0.4) is 0 Å². The van der Waals surface area contributed by atoms with Gasteiger partial charge in [-0.15, -0.1) is 0 Å². The molecule has 21 nitrogen and oxygen atoms in total. The summed E-state index contributed by atoms with van der Waals surface area (Å²) in [6.45, 7) is 2.93. The molecule has 0 radical (unpaired) electrons. The zero-order valence-corrected chi connectivity index (χ0v) is 33.5. The number of aliphatic hydroxyl groups is 10. The fourth-order valence-electron chi connectivity index (χ4n) is 7.56. The first kappa shape index (κ1) is 46.0. The lowest BCUT2D eigenvalue weighted by atomic mass is 9.97. The van der Waals surface area contributed by atoms with Crippen molar-refractivity contribution in [3.63, 3.8) is 0 Å². The normalized spacial score (nSPS) is 18.2. The molecule has 1 saturated heterocycles. The first-order chi connectivity index (χ1) is 28.1. The molecule has 22 heteroatoms. The number of aryl methyl sites for hydroxylation is 2. The van der Waals surface area contributed by atoms with Crippen LogP contribution in [0.4, 0.5) is 5.82 Å². The molecule has 14 N–H and O–H groups in total. The molecule has 0 spiro atoms. The van der Waals surface area contributed by atoms with Crippen LogP contribution >= 0.6 is 11.6 Å². The first-order valence-electron chi connectivity index (χ1n) is 19.4. The van der Waals surface area contributed by atoms with Gasteiger partial charge in [0.05, 0.1) is 43.5 Å². The summed E-state index contributed by atoms with van der Waals surface area (Å²) in [6.07, 6.45) is -12.5. The van der Waals surface area contributed by atoms with E-state index in [9.17, 15) is 60.7 Å². The van der Waals surface area contributed by atoms with Gasteiger partial charge in [0.15, 0.2) is 28.2 Å². The molecular formula is C37H55ClN9O12+. The van der Waals surface area contributed by atoms with Gasteiger partial charge < -0.3 is 72.0 Å². The Kier molecular flexibility index (Phi) is 15.6. The minimum Gasteiger partial charge on any atom is -0.394 e. The third kappa shape index (κ3) is 9.93. The average molecular weight is 853 g/mol. The maximum Gasteiger partial charge on any atom is 0.277 e. The van der Waals surface area contributed by atoms with Gasteiger partial charge >= 0.3 is 0 Å². The quantitative estimate of drug-likeness (QED) is 0.0402. The predicted octanol–water partition coefficient (Wildman–Crippen LogP) is -3.82. The van der Waals surface area contributed by atoms with Crippen molar-refractivity contribution in [1.82, 2.24) is 34.6 Å². The Balaban J connectivity index is 1.31. The predicted molar refractivity (Wildman–Crippen MR) is 211 cm³/mol. The third-order valence-electron chi connectivity index (χ3n) is 10.9. The highest BCUT2D eigenvalue weighted by Crippen LogP contribution is 2.25. The molecule has 4 aromatic rings. The number of nitrogen functional groups attached to an aromatic ring is 1. The molecule has 59 heavy (non-hydrogen) atoms. The minimum absolute atomic E-state index is 0.0646. The van der Waals surface area contributed by atoms with Crippen LogP contribution in [0.1, 0.15) is 53.4 Å². The van der Waals surface area contributed by atoms with Crippen LogP contribution < -0.4 is 15.6 Å². The second kappa shape index (κ2) is 20.0. The lowest BCUT2D eigenvalue weighted by molar-refractivity contribution is -0.676. The Hall–Kier alpha value is -4.10. The lowest BCUT2D eigenvalue weighted by Gasteiger charge is -2.41. The molecule has 4 heterocycles. The summed E-state index contributed by atoms with van der Waals surface area (Å²) in [5, 5.41) is 104. The average Bonchev–Trinajstić information content (AvgIpc) is 3.77. The standard InChI is InChI=1S/C37H54ClN9O12/c1-3-46-21-6-5-18(11-22(21)47(4-2)27(46)13-41-36(58)29-34(39)43-35-28(42-29)20(38)12-40-35)37(59)44-9-7-19(8-10-44)45(14-23(50)30(54)32(56)25(52)16-48)15-24(51)31(55)33(57)26(53)17-49/h5-6,11-12,19,23-26,30-33,48-57H,3-4,7-10,13-17H2,1-2H3,(H3-,39,40,41,42,43,58)/p+1/t23-,24-,25+,26+,30+,31+,32+,33+/m0/s1. The van der Waals surface area contributed by atoms with E-state index in [0.29, 0.717) is 47.7 Å². The monoisotopic (exact) mass is 852 g/mol. The maximum absolute atomic E-state index is 14.0. The molecule has 2 amide bonds. The number of H-pyrrole nitrogens is 1. The molecule has 0 unspecified atom stereocenters. The van der Waals surface area contributed by atoms with Crippen molar-refractivity contribution in [2.75, 3.05) is 45.1 Å². The zero-order chi connectivity index (χ0) is 43.3. The van der Waals surface area contributed by atoms with E-state index in [1.807, 2.05) is 29.0 Å². The van der Waals surface area contributed by atoms with Gasteiger partial charge in [0.2, 0.25) is 0 Å². The number of anilines is 1. The molecule has 0 aliphatic carbocycles. The van der Waals surface area contributed by atoms with E-state index in [1.165, 1.54) is 11.1 Å². The summed E-state index contributed by atoms with van der Waals surface area (Å²) in [5.41, 5.74) is 8.63. The Morgan fingerprint density at radius 1 is 0.932 bits per heavy atom. The van der Waals surface area contributed by atoms with Gasteiger partial charge in [-0.05, 0) is 38.8 Å². The van der Waals surface area contributed by atoms with Crippen molar-refractivity contribution >= 4 is 51.4 Å². The number of piperidine rings is 1. The third-order valence-corrected chi connectivity index (χ3v) is 11.2. The van der Waals surface area contributed by atoms with Crippen molar-refractivity contribution in [3.8, 4) is 0 Å². The number of likely N-dealkylation sites (tertiary alicyclic amines) is 1. The minimum atomic E-state index is -1.92. The molecule has 1 aromatic carbocycles. The molecule has 5 rings (SSSR count). The number of nitrogens with one attached hydrogen (secondary N) is 2. The molecule has 326 valence electrons. The lowest BCUT2D eigenvalue weighted by Crippen LogP contribution is -2.56. The van der Waals surface area contributed by atoms with Gasteiger partial charge in [0.25, 0.3) is 17.6 Å². The van der Waals surface area contributed by atoms with Gasteiger partial charge in [-0.2, -0.15) is 0 Å². The van der Waals surface area contributed by atoms with E-state index in [4.69, 9.17) is 17.3 Å². The molecule has 3 aromatic heterocycles. The first-order valence-corrected chi connectivity index (χ1v) is 19.8. The molecule has 1 aliphatic rings. The van der Waals surface area contributed by atoms with E-state index in [0.717, 1.165) is 16.9 Å². The highest BCUT2D eigenvalue weighted by Gasteiger charge is 2.38. The van der Waals surface area contributed by atoms with Crippen LogP contribution in [-0.4, -0.2) is 186 Å². The Bertz CT molecular complexity index is 2030. The molecule has 1 fully saturated rings. The Morgan fingerprint density at radius 3 is 2.05 bits per heavy atom.